The standard InChI is InChI=1S/C14H22S2/c1-9-10(2)12(4)13(11(9)3)8-14-15-6-5-7-16-14/h13-14H,5-8H2,1-4H3. The first kappa shape index (κ1) is 12.6. The van der Waals surface area contributed by atoms with Crippen molar-refractivity contribution in [2.75, 3.05) is 11.5 Å². The minimum atomic E-state index is 0.739. The van der Waals surface area contributed by atoms with Gasteiger partial charge in [0.1, 0.15) is 0 Å². The van der Waals surface area contributed by atoms with E-state index >= 15 is 0 Å². The van der Waals surface area contributed by atoms with Crippen LogP contribution in [0.15, 0.2) is 22.3 Å². The Balaban J connectivity index is 2.05. The highest BCUT2D eigenvalue weighted by Crippen LogP contribution is 2.44. The predicted molar refractivity (Wildman–Crippen MR) is 78.2 cm³/mol. The molecule has 0 aromatic rings. The molecular weight excluding hydrogens is 232 g/mol. The van der Waals surface area contributed by atoms with Gasteiger partial charge in [0.05, 0.1) is 4.58 Å². The zero-order chi connectivity index (χ0) is 11.7. The third-order valence-electron chi connectivity index (χ3n) is 4.12. The molecule has 0 nitrogen and oxygen atoms in total. The number of thioether (sulfide) groups is 2. The monoisotopic (exact) mass is 254 g/mol. The minimum absolute atomic E-state index is 0.739. The molecular formula is C14H22S2. The zero-order valence-electron chi connectivity index (χ0n) is 10.8. The van der Waals surface area contributed by atoms with Crippen molar-refractivity contribution < 1.29 is 0 Å². The molecule has 0 atom stereocenters. The van der Waals surface area contributed by atoms with Crippen molar-refractivity contribution in [3.8, 4) is 0 Å². The Bertz CT molecular complexity index is 309. The lowest BCUT2D eigenvalue weighted by molar-refractivity contribution is 0.684. The van der Waals surface area contributed by atoms with Crippen LogP contribution in [0, 0.1) is 5.92 Å². The summed E-state index contributed by atoms with van der Waals surface area (Å²) in [7, 11) is 0. The Morgan fingerprint density at radius 3 is 1.94 bits per heavy atom. The Kier molecular flexibility index (Phi) is 4.12. The first-order valence-corrected chi connectivity index (χ1v) is 8.29. The molecule has 0 amide bonds. The lowest BCUT2D eigenvalue weighted by atomic mass is 9.94. The number of allylic oxidation sites excluding steroid dienone is 4. The van der Waals surface area contributed by atoms with Gasteiger partial charge in [-0.1, -0.05) is 11.1 Å². The van der Waals surface area contributed by atoms with Gasteiger partial charge in [0.2, 0.25) is 0 Å². The average Bonchev–Trinajstić information content (AvgIpc) is 2.48. The number of hydrogen-bond donors (Lipinski definition) is 0. The summed E-state index contributed by atoms with van der Waals surface area (Å²) in [6, 6.07) is 0. The maximum absolute atomic E-state index is 2.33. The molecule has 16 heavy (non-hydrogen) atoms. The summed E-state index contributed by atoms with van der Waals surface area (Å²) < 4.78 is 0.836. The summed E-state index contributed by atoms with van der Waals surface area (Å²) in [6.45, 7) is 9.24. The van der Waals surface area contributed by atoms with E-state index in [1.54, 1.807) is 22.3 Å². The second kappa shape index (κ2) is 5.22. The van der Waals surface area contributed by atoms with Crippen molar-refractivity contribution in [1.82, 2.24) is 0 Å². The lowest BCUT2D eigenvalue weighted by Crippen LogP contribution is -2.13. The largest absolute Gasteiger partial charge is 0.148 e. The van der Waals surface area contributed by atoms with Gasteiger partial charge in [0.25, 0.3) is 0 Å². The van der Waals surface area contributed by atoms with Crippen LogP contribution in [-0.2, 0) is 0 Å². The molecule has 0 spiro atoms. The molecule has 0 bridgehead atoms. The first-order chi connectivity index (χ1) is 7.61. The molecule has 2 rings (SSSR count). The van der Waals surface area contributed by atoms with Crippen molar-refractivity contribution in [3.63, 3.8) is 0 Å². The Morgan fingerprint density at radius 1 is 0.938 bits per heavy atom. The molecule has 1 heterocycles. The fraction of sp³-hybridized carbons (Fsp3) is 0.714. The first-order valence-electron chi connectivity index (χ1n) is 6.19. The summed E-state index contributed by atoms with van der Waals surface area (Å²) in [5.74, 6) is 3.48. The minimum Gasteiger partial charge on any atom is -0.148 e. The van der Waals surface area contributed by atoms with Crippen LogP contribution in [0.25, 0.3) is 0 Å². The van der Waals surface area contributed by atoms with Crippen molar-refractivity contribution in [2.24, 2.45) is 5.92 Å². The summed E-state index contributed by atoms with van der Waals surface area (Å²) in [5, 5.41) is 0. The Hall–Kier alpha value is 0.180. The van der Waals surface area contributed by atoms with Crippen LogP contribution in [-0.4, -0.2) is 16.1 Å². The third kappa shape index (κ3) is 2.38. The normalized spacial score (nSPS) is 24.8. The maximum Gasteiger partial charge on any atom is 0.0511 e. The van der Waals surface area contributed by atoms with Crippen molar-refractivity contribution in [1.29, 1.82) is 0 Å². The van der Waals surface area contributed by atoms with E-state index in [-0.39, 0.29) is 0 Å². The van der Waals surface area contributed by atoms with Crippen LogP contribution in [0.4, 0.5) is 0 Å². The Morgan fingerprint density at radius 2 is 1.44 bits per heavy atom. The van der Waals surface area contributed by atoms with E-state index in [1.807, 2.05) is 0 Å². The highest BCUT2D eigenvalue weighted by molar-refractivity contribution is 8.17. The summed E-state index contributed by atoms with van der Waals surface area (Å²) in [5.41, 5.74) is 6.35. The van der Waals surface area contributed by atoms with Gasteiger partial charge in [-0.05, 0) is 63.2 Å². The molecule has 0 radical (unpaired) electrons. The van der Waals surface area contributed by atoms with E-state index in [0.29, 0.717) is 0 Å². The number of hydrogen-bond acceptors (Lipinski definition) is 2. The third-order valence-corrected chi connectivity index (χ3v) is 7.11. The van der Waals surface area contributed by atoms with Crippen LogP contribution < -0.4 is 0 Å². The molecule has 0 N–H and O–H groups in total. The fourth-order valence-electron chi connectivity index (χ4n) is 2.66. The predicted octanol–water partition coefficient (Wildman–Crippen LogP) is 4.88. The van der Waals surface area contributed by atoms with E-state index in [9.17, 15) is 0 Å². The van der Waals surface area contributed by atoms with Crippen LogP contribution >= 0.6 is 23.5 Å². The van der Waals surface area contributed by atoms with E-state index in [0.717, 1.165) is 10.5 Å². The van der Waals surface area contributed by atoms with Gasteiger partial charge in [-0.25, -0.2) is 0 Å². The van der Waals surface area contributed by atoms with E-state index in [4.69, 9.17) is 0 Å². The molecule has 90 valence electrons. The second-order valence-electron chi connectivity index (χ2n) is 4.93. The van der Waals surface area contributed by atoms with Crippen LogP contribution in [0.2, 0.25) is 0 Å². The van der Waals surface area contributed by atoms with E-state index < -0.39 is 0 Å². The summed E-state index contributed by atoms with van der Waals surface area (Å²) in [6.07, 6.45) is 2.75. The molecule has 0 saturated carbocycles. The number of rotatable bonds is 2. The second-order valence-corrected chi connectivity index (χ2v) is 7.85. The van der Waals surface area contributed by atoms with Crippen molar-refractivity contribution in [3.05, 3.63) is 22.3 Å². The SMILES string of the molecule is CC1=C(C)C(CC2SCCCS2)C(C)=C1C. The van der Waals surface area contributed by atoms with Gasteiger partial charge >= 0.3 is 0 Å². The fourth-order valence-corrected chi connectivity index (χ4v) is 5.61. The topological polar surface area (TPSA) is 0 Å². The quantitative estimate of drug-likeness (QED) is 0.689. The molecule has 1 fully saturated rings. The van der Waals surface area contributed by atoms with Gasteiger partial charge in [0.15, 0.2) is 0 Å². The maximum atomic E-state index is 2.33. The zero-order valence-corrected chi connectivity index (χ0v) is 12.4. The lowest BCUT2D eigenvalue weighted by Gasteiger charge is -2.25. The molecule has 1 saturated heterocycles. The van der Waals surface area contributed by atoms with Gasteiger partial charge in [-0.15, -0.1) is 23.5 Å². The summed E-state index contributed by atoms with van der Waals surface area (Å²) >= 11 is 4.35. The molecule has 0 unspecified atom stereocenters. The molecule has 1 aliphatic heterocycles. The van der Waals surface area contributed by atoms with Crippen LogP contribution in [0.5, 0.6) is 0 Å². The molecule has 0 aromatic heterocycles. The molecule has 2 aliphatic rings. The van der Waals surface area contributed by atoms with E-state index in [2.05, 4.69) is 51.2 Å². The Labute approximate surface area is 108 Å². The van der Waals surface area contributed by atoms with Gasteiger partial charge in [0, 0.05) is 5.92 Å². The van der Waals surface area contributed by atoms with Crippen molar-refractivity contribution >= 4 is 23.5 Å². The molecule has 0 aromatic carbocycles. The van der Waals surface area contributed by atoms with Crippen LogP contribution in [0.1, 0.15) is 40.5 Å². The molecule has 2 heteroatoms. The average molecular weight is 254 g/mol. The van der Waals surface area contributed by atoms with Crippen molar-refractivity contribution in [2.45, 2.75) is 45.1 Å². The van der Waals surface area contributed by atoms with Crippen LogP contribution in [0.3, 0.4) is 0 Å². The van der Waals surface area contributed by atoms with Gasteiger partial charge in [-0.3, -0.25) is 0 Å². The van der Waals surface area contributed by atoms with E-state index in [1.165, 1.54) is 24.3 Å². The van der Waals surface area contributed by atoms with Gasteiger partial charge < -0.3 is 0 Å². The molecule has 1 aliphatic carbocycles. The summed E-state index contributed by atoms with van der Waals surface area (Å²) in [4.78, 5) is 0. The van der Waals surface area contributed by atoms with Gasteiger partial charge in [-0.2, -0.15) is 0 Å². The highest BCUT2D eigenvalue weighted by Gasteiger charge is 2.28. The highest BCUT2D eigenvalue weighted by atomic mass is 32.2. The smallest absolute Gasteiger partial charge is 0.0511 e.